The van der Waals surface area contributed by atoms with Gasteiger partial charge in [-0.15, -0.1) is 0 Å². The molecule has 1 aromatic heterocycles. The van der Waals surface area contributed by atoms with Gasteiger partial charge in [0.2, 0.25) is 0 Å². The number of carbonyl (C=O) groups is 2. The van der Waals surface area contributed by atoms with Crippen LogP contribution in [-0.2, 0) is 16.1 Å². The molecule has 1 N–H and O–H groups in total. The Kier molecular flexibility index (Phi) is 8.50. The number of fused-ring (bicyclic) bond motifs is 1. The lowest BCUT2D eigenvalue weighted by Gasteiger charge is -2.31. The van der Waals surface area contributed by atoms with Crippen LogP contribution in [0.2, 0.25) is 5.02 Å². The molecule has 5 nitrogen and oxygen atoms in total. The van der Waals surface area contributed by atoms with E-state index >= 15 is 0 Å². The van der Waals surface area contributed by atoms with E-state index in [1.165, 1.54) is 0 Å². The summed E-state index contributed by atoms with van der Waals surface area (Å²) in [5.74, 6) is 0.247. The van der Waals surface area contributed by atoms with Gasteiger partial charge in [-0.25, -0.2) is 0 Å². The predicted octanol–water partition coefficient (Wildman–Crippen LogP) is 6.61. The number of esters is 1. The summed E-state index contributed by atoms with van der Waals surface area (Å²) in [5.41, 5.74) is 2.74. The van der Waals surface area contributed by atoms with Gasteiger partial charge in [0.05, 0.1) is 23.6 Å². The summed E-state index contributed by atoms with van der Waals surface area (Å²) in [6.07, 6.45) is 7.47. The van der Waals surface area contributed by atoms with Crippen LogP contribution in [0.3, 0.4) is 0 Å². The molecule has 0 aliphatic heterocycles. The lowest BCUT2D eigenvalue weighted by molar-refractivity contribution is -0.150. The first-order chi connectivity index (χ1) is 17.0. The zero-order chi connectivity index (χ0) is 24.8. The third-order valence-electron chi connectivity index (χ3n) is 7.21. The van der Waals surface area contributed by atoms with Crippen LogP contribution in [0.4, 0.5) is 0 Å². The maximum atomic E-state index is 13.4. The highest BCUT2D eigenvalue weighted by atomic mass is 35.5. The smallest absolute Gasteiger partial charge is 0.308 e. The quantitative estimate of drug-likeness (QED) is 0.269. The van der Waals surface area contributed by atoms with Gasteiger partial charge in [-0.3, -0.25) is 9.59 Å². The lowest BCUT2D eigenvalue weighted by atomic mass is 9.79. The summed E-state index contributed by atoms with van der Waals surface area (Å²) < 4.78 is 7.53. The van der Waals surface area contributed by atoms with Crippen LogP contribution < -0.4 is 5.32 Å². The van der Waals surface area contributed by atoms with E-state index in [9.17, 15) is 9.59 Å². The highest BCUT2D eigenvalue weighted by Gasteiger charge is 2.30. The molecule has 35 heavy (non-hydrogen) atoms. The molecule has 3 aromatic rings. The molecule has 1 aliphatic carbocycles. The molecule has 1 amide bonds. The Balaban J connectivity index is 1.39. The van der Waals surface area contributed by atoms with Crippen LogP contribution in [-0.4, -0.2) is 29.1 Å². The molecule has 6 heteroatoms. The Morgan fingerprint density at radius 3 is 2.54 bits per heavy atom. The van der Waals surface area contributed by atoms with Crippen LogP contribution in [0.1, 0.15) is 68.3 Å². The van der Waals surface area contributed by atoms with Crippen LogP contribution >= 0.6 is 11.6 Å². The first-order valence-electron chi connectivity index (χ1n) is 12.8. The van der Waals surface area contributed by atoms with Crippen molar-refractivity contribution in [3.05, 3.63) is 70.9 Å². The molecule has 1 unspecified atom stereocenters. The summed E-state index contributed by atoms with van der Waals surface area (Å²) in [7, 11) is 0. The Morgan fingerprint density at radius 2 is 1.83 bits per heavy atom. The number of nitrogens with zero attached hydrogens (tertiary/aromatic N) is 1. The van der Waals surface area contributed by atoms with Crippen molar-refractivity contribution < 1.29 is 14.3 Å². The number of ether oxygens (including phenoxy) is 1. The van der Waals surface area contributed by atoms with Gasteiger partial charge in [-0.2, -0.15) is 0 Å². The fourth-order valence-corrected chi connectivity index (χ4v) is 5.18. The standard InChI is InChI=1S/C29H35ClN2O3/c1-3-4-18-35-29(34)24-12-10-22(11-13-24)20(2)31-28(33)26-7-5-6-23-16-17-32(27(23)26)19-21-8-14-25(30)15-9-21/h5-9,14-17,20,22,24H,3-4,10-13,18-19H2,1-2H3,(H,31,33)/t20?,22-,24+. The normalized spacial score (nSPS) is 18.8. The van der Waals surface area contributed by atoms with Gasteiger partial charge < -0.3 is 14.6 Å². The van der Waals surface area contributed by atoms with Crippen molar-refractivity contribution in [1.82, 2.24) is 9.88 Å². The number of unbranched alkanes of at least 4 members (excludes halogenated alkanes) is 1. The number of nitrogens with one attached hydrogen (secondary N) is 1. The summed E-state index contributed by atoms with van der Waals surface area (Å²) in [4.78, 5) is 25.7. The van der Waals surface area contributed by atoms with Gasteiger partial charge in [0.1, 0.15) is 0 Å². The third-order valence-corrected chi connectivity index (χ3v) is 7.46. The number of halogens is 1. The number of carbonyl (C=O) groups excluding carboxylic acids is 2. The first kappa shape index (κ1) is 25.3. The van der Waals surface area contributed by atoms with Crippen molar-refractivity contribution >= 4 is 34.4 Å². The van der Waals surface area contributed by atoms with Crippen LogP contribution in [0, 0.1) is 11.8 Å². The lowest BCUT2D eigenvalue weighted by Crippen LogP contribution is -2.40. The number of amides is 1. The van der Waals surface area contributed by atoms with Crippen molar-refractivity contribution in [2.75, 3.05) is 6.61 Å². The Morgan fingerprint density at radius 1 is 1.09 bits per heavy atom. The van der Waals surface area contributed by atoms with Crippen molar-refractivity contribution in [3.63, 3.8) is 0 Å². The van der Waals surface area contributed by atoms with Crippen LogP contribution in [0.15, 0.2) is 54.7 Å². The molecule has 2 aromatic carbocycles. The Labute approximate surface area is 212 Å². The first-order valence-corrected chi connectivity index (χ1v) is 13.1. The van der Waals surface area contributed by atoms with Crippen LogP contribution in [0.25, 0.3) is 10.9 Å². The van der Waals surface area contributed by atoms with E-state index in [-0.39, 0.29) is 23.8 Å². The molecule has 1 fully saturated rings. The Hall–Kier alpha value is -2.79. The molecule has 1 atom stereocenters. The van der Waals surface area contributed by atoms with Crippen molar-refractivity contribution in [2.45, 2.75) is 65.0 Å². The zero-order valence-corrected chi connectivity index (χ0v) is 21.4. The van der Waals surface area contributed by atoms with Crippen LogP contribution in [0.5, 0.6) is 0 Å². The van der Waals surface area contributed by atoms with E-state index in [0.29, 0.717) is 29.7 Å². The molecule has 0 bridgehead atoms. The molecular formula is C29H35ClN2O3. The monoisotopic (exact) mass is 494 g/mol. The second-order valence-electron chi connectivity index (χ2n) is 9.71. The number of aromatic nitrogens is 1. The van der Waals surface area contributed by atoms with Gasteiger partial charge in [0.15, 0.2) is 0 Å². The highest BCUT2D eigenvalue weighted by molar-refractivity contribution is 6.30. The number of hydrogen-bond donors (Lipinski definition) is 1. The van der Waals surface area contributed by atoms with E-state index < -0.39 is 0 Å². The molecule has 0 spiro atoms. The average Bonchev–Trinajstić information content (AvgIpc) is 3.28. The Bertz CT molecular complexity index is 1150. The van der Waals surface area contributed by atoms with Gasteiger partial charge in [-0.1, -0.05) is 49.2 Å². The fraction of sp³-hybridized carbons (Fsp3) is 0.448. The minimum Gasteiger partial charge on any atom is -0.465 e. The van der Waals surface area contributed by atoms with E-state index in [1.807, 2.05) is 54.7 Å². The summed E-state index contributed by atoms with van der Waals surface area (Å²) in [6.45, 7) is 5.35. The second-order valence-corrected chi connectivity index (χ2v) is 10.1. The maximum absolute atomic E-state index is 13.4. The molecule has 1 heterocycles. The topological polar surface area (TPSA) is 60.3 Å². The third kappa shape index (κ3) is 6.26. The molecule has 1 saturated carbocycles. The summed E-state index contributed by atoms with van der Waals surface area (Å²) in [6, 6.07) is 15.7. The molecule has 4 rings (SSSR count). The number of rotatable bonds is 9. The highest BCUT2D eigenvalue weighted by Crippen LogP contribution is 2.32. The largest absolute Gasteiger partial charge is 0.465 e. The number of hydrogen-bond acceptors (Lipinski definition) is 3. The maximum Gasteiger partial charge on any atom is 0.308 e. The van der Waals surface area contributed by atoms with Crippen molar-refractivity contribution in [3.8, 4) is 0 Å². The molecule has 186 valence electrons. The molecule has 0 radical (unpaired) electrons. The predicted molar refractivity (Wildman–Crippen MR) is 141 cm³/mol. The SMILES string of the molecule is CCCCOC(=O)[C@H]1CC[C@@H](C(C)NC(=O)c2cccc3ccn(Cc4ccc(Cl)cc4)c23)CC1. The van der Waals surface area contributed by atoms with Gasteiger partial charge in [0.25, 0.3) is 5.91 Å². The van der Waals surface area contributed by atoms with E-state index in [4.69, 9.17) is 16.3 Å². The fourth-order valence-electron chi connectivity index (χ4n) is 5.05. The minimum atomic E-state index is -0.0553. The summed E-state index contributed by atoms with van der Waals surface area (Å²) in [5, 5.41) is 5.00. The van der Waals surface area contributed by atoms with Gasteiger partial charge >= 0.3 is 5.97 Å². The van der Waals surface area contributed by atoms with E-state index in [2.05, 4.69) is 23.7 Å². The van der Waals surface area contributed by atoms with Crippen molar-refractivity contribution in [2.24, 2.45) is 11.8 Å². The molecular weight excluding hydrogens is 460 g/mol. The average molecular weight is 495 g/mol. The number of para-hydroxylation sites is 1. The second kappa shape index (κ2) is 11.8. The van der Waals surface area contributed by atoms with E-state index in [1.54, 1.807) is 0 Å². The summed E-state index contributed by atoms with van der Waals surface area (Å²) >= 11 is 6.03. The molecule has 1 aliphatic rings. The van der Waals surface area contributed by atoms with Gasteiger partial charge in [0, 0.05) is 29.2 Å². The van der Waals surface area contributed by atoms with Gasteiger partial charge in [-0.05, 0) is 74.8 Å². The minimum absolute atomic E-state index is 0.00380. The number of benzene rings is 2. The zero-order valence-electron chi connectivity index (χ0n) is 20.6. The van der Waals surface area contributed by atoms with E-state index in [0.717, 1.165) is 55.0 Å². The molecule has 0 saturated heterocycles. The van der Waals surface area contributed by atoms with Crippen molar-refractivity contribution in [1.29, 1.82) is 0 Å².